The zero-order valence-electron chi connectivity index (χ0n) is 14.9. The van der Waals surface area contributed by atoms with E-state index >= 15 is 0 Å². The molecule has 2 N–H and O–H groups in total. The fraction of sp³-hybridized carbons (Fsp3) is 0.556. The summed E-state index contributed by atoms with van der Waals surface area (Å²) in [6.07, 6.45) is 1.95. The van der Waals surface area contributed by atoms with E-state index < -0.39 is 12.0 Å². The zero-order valence-corrected chi connectivity index (χ0v) is 14.9. The van der Waals surface area contributed by atoms with Crippen molar-refractivity contribution in [1.82, 2.24) is 5.32 Å². The first-order chi connectivity index (χ1) is 11.3. The van der Waals surface area contributed by atoms with E-state index in [9.17, 15) is 14.7 Å². The molecule has 0 aliphatic heterocycles. The molecule has 0 spiro atoms. The van der Waals surface area contributed by atoms with Gasteiger partial charge in [-0.25, -0.2) is 0 Å². The van der Waals surface area contributed by atoms with E-state index in [1.165, 1.54) is 0 Å². The number of carbonyl (C=O) groups is 2. The van der Waals surface area contributed by atoms with E-state index in [4.69, 9.17) is 4.74 Å². The molecule has 1 aromatic carbocycles. The molecule has 0 saturated heterocycles. The maximum absolute atomic E-state index is 11.9. The van der Waals surface area contributed by atoms with Gasteiger partial charge in [-0.15, -0.1) is 0 Å². The summed E-state index contributed by atoms with van der Waals surface area (Å²) in [5.74, 6) is -0.681. The number of hydrogen-bond donors (Lipinski definition) is 2. The maximum atomic E-state index is 11.9. The van der Waals surface area contributed by atoms with Crippen LogP contribution in [0.3, 0.4) is 0 Å². The van der Waals surface area contributed by atoms with Crippen LogP contribution in [0.15, 0.2) is 24.3 Å². The van der Waals surface area contributed by atoms with Crippen LogP contribution in [-0.2, 0) is 9.59 Å². The van der Waals surface area contributed by atoms with E-state index in [-0.39, 0.29) is 18.6 Å². The second kappa shape index (κ2) is 9.93. The number of aliphatic carboxylic acids is 1. The molecule has 0 aromatic heterocycles. The molecule has 1 rings (SSSR count). The predicted octanol–water partition coefficient (Wildman–Crippen LogP) is -0.304. The summed E-state index contributed by atoms with van der Waals surface area (Å²) in [7, 11) is 1.68. The number of rotatable bonds is 10. The highest BCUT2D eigenvalue weighted by Crippen LogP contribution is 2.17. The highest BCUT2D eigenvalue weighted by Gasteiger charge is 2.24. The molecule has 0 saturated carbocycles. The minimum absolute atomic E-state index is 0.0490. The molecule has 0 aliphatic carbocycles. The van der Waals surface area contributed by atoms with Crippen molar-refractivity contribution in [2.75, 3.05) is 20.1 Å². The molecule has 0 bridgehead atoms. The van der Waals surface area contributed by atoms with Crippen molar-refractivity contribution in [2.45, 2.75) is 45.8 Å². The molecule has 1 unspecified atom stereocenters. The van der Waals surface area contributed by atoms with Gasteiger partial charge in [-0.05, 0) is 44.5 Å². The minimum Gasteiger partial charge on any atom is -0.544 e. The van der Waals surface area contributed by atoms with Gasteiger partial charge in [0.2, 0.25) is 0 Å². The van der Waals surface area contributed by atoms with E-state index in [1.807, 2.05) is 20.8 Å². The monoisotopic (exact) mass is 336 g/mol. The van der Waals surface area contributed by atoms with E-state index in [2.05, 4.69) is 5.32 Å². The van der Waals surface area contributed by atoms with Crippen LogP contribution in [0.1, 0.15) is 45.2 Å². The molecule has 6 heteroatoms. The number of carboxylic acids is 1. The maximum Gasteiger partial charge on any atom is 0.275 e. The Hall–Kier alpha value is -2.08. The summed E-state index contributed by atoms with van der Waals surface area (Å²) >= 11 is 0. The van der Waals surface area contributed by atoms with Gasteiger partial charge in [-0.3, -0.25) is 4.79 Å². The standard InChI is InChI=1S/C18H28N2O4/c1-5-6-11-19-16(21)12-20(4)17(18(22)23)14-7-9-15(10-8-14)24-13(2)3/h7-10,13,17H,5-6,11-12H2,1-4H3,(H,19,21)(H,22,23)/t17-/m1/s1. The van der Waals surface area contributed by atoms with Gasteiger partial charge in [0.05, 0.1) is 13.2 Å². The highest BCUT2D eigenvalue weighted by atomic mass is 16.5. The summed E-state index contributed by atoms with van der Waals surface area (Å²) in [6, 6.07) is 5.97. The molecule has 6 nitrogen and oxygen atoms in total. The van der Waals surface area contributed by atoms with Gasteiger partial charge in [-0.2, -0.15) is 0 Å². The molecule has 24 heavy (non-hydrogen) atoms. The Morgan fingerprint density at radius 3 is 2.38 bits per heavy atom. The topological polar surface area (TPSA) is 82.9 Å². The molecule has 1 amide bonds. The first-order valence-corrected chi connectivity index (χ1v) is 8.41. The Bertz CT molecular complexity index is 528. The van der Waals surface area contributed by atoms with Gasteiger partial charge < -0.3 is 24.9 Å². The Kier molecular flexibility index (Phi) is 8.26. The number of carbonyl (C=O) groups excluding carboxylic acids is 2. The summed E-state index contributed by atoms with van der Waals surface area (Å²) in [4.78, 5) is 24.0. The highest BCUT2D eigenvalue weighted by molar-refractivity contribution is 5.77. The summed E-state index contributed by atoms with van der Waals surface area (Å²) in [5, 5.41) is 14.3. The quantitative estimate of drug-likeness (QED) is 0.575. The number of hydrogen-bond acceptors (Lipinski definition) is 4. The average molecular weight is 336 g/mol. The number of quaternary nitrogens is 1. The molecule has 0 radical (unpaired) electrons. The van der Waals surface area contributed by atoms with Crippen LogP contribution in [0, 0.1) is 0 Å². The van der Waals surface area contributed by atoms with Crippen molar-refractivity contribution in [3.63, 3.8) is 0 Å². The molecule has 2 atom stereocenters. The fourth-order valence-electron chi connectivity index (χ4n) is 2.46. The SMILES string of the molecule is CCCCNC(=O)C[NH+](C)[C@@H](C(=O)[O-])c1ccc(OC(C)C)cc1. The Morgan fingerprint density at radius 1 is 1.25 bits per heavy atom. The Labute approximate surface area is 143 Å². The van der Waals surface area contributed by atoms with Crippen LogP contribution in [0.2, 0.25) is 0 Å². The zero-order chi connectivity index (χ0) is 18.1. The normalized spacial score (nSPS) is 13.4. The first kappa shape index (κ1) is 20.0. The number of likely N-dealkylation sites (N-methyl/N-ethyl adjacent to an activating group) is 1. The summed E-state index contributed by atoms with van der Waals surface area (Å²) in [5.41, 5.74) is 0.588. The third-order valence-electron chi connectivity index (χ3n) is 3.61. The van der Waals surface area contributed by atoms with Crippen LogP contribution in [0.5, 0.6) is 5.75 Å². The van der Waals surface area contributed by atoms with E-state index in [0.29, 0.717) is 22.8 Å². The fourth-order valence-corrected chi connectivity index (χ4v) is 2.46. The van der Waals surface area contributed by atoms with Gasteiger partial charge in [0, 0.05) is 12.1 Å². The predicted molar refractivity (Wildman–Crippen MR) is 89.6 cm³/mol. The van der Waals surface area contributed by atoms with Crippen molar-refractivity contribution in [3.8, 4) is 5.75 Å². The third kappa shape index (κ3) is 6.58. The smallest absolute Gasteiger partial charge is 0.275 e. The molecular formula is C18H28N2O4. The van der Waals surface area contributed by atoms with Crippen molar-refractivity contribution in [2.24, 2.45) is 0 Å². The number of nitrogens with one attached hydrogen (secondary N) is 2. The largest absolute Gasteiger partial charge is 0.544 e. The number of ether oxygens (including phenoxy) is 1. The lowest BCUT2D eigenvalue weighted by Crippen LogP contribution is -3.12. The van der Waals surface area contributed by atoms with Crippen LogP contribution < -0.4 is 20.1 Å². The van der Waals surface area contributed by atoms with Crippen molar-refractivity contribution < 1.29 is 24.3 Å². The second-order valence-corrected chi connectivity index (χ2v) is 6.21. The Balaban J connectivity index is 2.75. The second-order valence-electron chi connectivity index (χ2n) is 6.21. The molecule has 134 valence electrons. The van der Waals surface area contributed by atoms with Crippen LogP contribution in [-0.4, -0.2) is 38.1 Å². The molecule has 0 aliphatic rings. The summed E-state index contributed by atoms with van der Waals surface area (Å²) < 4.78 is 5.56. The van der Waals surface area contributed by atoms with Crippen molar-refractivity contribution in [3.05, 3.63) is 29.8 Å². The Morgan fingerprint density at radius 2 is 1.88 bits per heavy atom. The van der Waals surface area contributed by atoms with E-state index in [1.54, 1.807) is 31.3 Å². The lowest BCUT2D eigenvalue weighted by atomic mass is 10.1. The number of unbranched alkanes of at least 4 members (excludes halogenated alkanes) is 1. The molecular weight excluding hydrogens is 308 g/mol. The van der Waals surface area contributed by atoms with Crippen molar-refractivity contribution >= 4 is 11.9 Å². The third-order valence-corrected chi connectivity index (χ3v) is 3.61. The first-order valence-electron chi connectivity index (χ1n) is 8.41. The van der Waals surface area contributed by atoms with Crippen LogP contribution >= 0.6 is 0 Å². The number of carboxylic acid groups (broad SMARTS) is 1. The van der Waals surface area contributed by atoms with E-state index in [0.717, 1.165) is 12.8 Å². The van der Waals surface area contributed by atoms with Gasteiger partial charge in [0.1, 0.15) is 11.7 Å². The minimum atomic E-state index is -1.20. The lowest BCUT2D eigenvalue weighted by molar-refractivity contribution is -0.897. The van der Waals surface area contributed by atoms with Gasteiger partial charge >= 0.3 is 0 Å². The van der Waals surface area contributed by atoms with Crippen molar-refractivity contribution in [1.29, 1.82) is 0 Å². The summed E-state index contributed by atoms with van der Waals surface area (Å²) in [6.45, 7) is 6.58. The molecule has 0 heterocycles. The van der Waals surface area contributed by atoms with Crippen LogP contribution in [0.25, 0.3) is 0 Å². The molecule has 1 aromatic rings. The molecule has 0 fully saturated rings. The average Bonchev–Trinajstić information content (AvgIpc) is 2.48. The number of benzene rings is 1. The van der Waals surface area contributed by atoms with Gasteiger partial charge in [-0.1, -0.05) is 13.3 Å². The van der Waals surface area contributed by atoms with Gasteiger partial charge in [0.15, 0.2) is 12.6 Å². The number of amides is 1. The van der Waals surface area contributed by atoms with Crippen LogP contribution in [0.4, 0.5) is 0 Å². The lowest BCUT2D eigenvalue weighted by Gasteiger charge is -2.26. The van der Waals surface area contributed by atoms with Gasteiger partial charge in [0.25, 0.3) is 5.91 Å².